The molecule has 0 bridgehead atoms. The molecule has 2 N–H and O–H groups in total. The number of halogens is 1. The Bertz CT molecular complexity index is 777. The molecule has 3 rings (SSSR count). The van der Waals surface area contributed by atoms with Crippen LogP contribution in [0.25, 0.3) is 22.6 Å². The van der Waals surface area contributed by atoms with Crippen LogP contribution in [0, 0.1) is 5.82 Å². The molecule has 102 valence electrons. The van der Waals surface area contributed by atoms with Crippen LogP contribution in [0.5, 0.6) is 0 Å². The van der Waals surface area contributed by atoms with Crippen LogP contribution in [0.2, 0.25) is 0 Å². The molecule has 0 aliphatic heterocycles. The summed E-state index contributed by atoms with van der Waals surface area (Å²) in [7, 11) is 0. The van der Waals surface area contributed by atoms with Crippen LogP contribution in [0.1, 0.15) is 19.9 Å². The van der Waals surface area contributed by atoms with Crippen molar-refractivity contribution in [3.63, 3.8) is 0 Å². The predicted octanol–water partition coefficient (Wildman–Crippen LogP) is 3.40. The number of nitrogen functional groups attached to an aromatic ring is 1. The molecule has 2 heterocycles. The number of pyridine rings is 1. The van der Waals surface area contributed by atoms with Gasteiger partial charge in [0.1, 0.15) is 17.0 Å². The summed E-state index contributed by atoms with van der Waals surface area (Å²) in [5, 5.41) is 0. The molecule has 0 spiro atoms. The quantitative estimate of drug-likeness (QED) is 0.776. The number of nitrogens with two attached hydrogens (primary N) is 1. The molecule has 5 heteroatoms. The number of imidazole rings is 1. The third kappa shape index (κ3) is 1.91. The van der Waals surface area contributed by atoms with Crippen LogP contribution < -0.4 is 5.73 Å². The SMILES string of the molecule is CC(C)n1c(-c2cccc(N)n2)nc2c(F)cccc21. The van der Waals surface area contributed by atoms with Crippen LogP contribution in [0.3, 0.4) is 0 Å². The number of fused-ring (bicyclic) bond motifs is 1. The van der Waals surface area contributed by atoms with Gasteiger partial charge in [-0.3, -0.25) is 0 Å². The zero-order chi connectivity index (χ0) is 14.3. The van der Waals surface area contributed by atoms with Crippen LogP contribution in [0.15, 0.2) is 36.4 Å². The summed E-state index contributed by atoms with van der Waals surface area (Å²) < 4.78 is 15.9. The molecule has 0 atom stereocenters. The number of hydrogen-bond donors (Lipinski definition) is 1. The molecule has 0 fully saturated rings. The summed E-state index contributed by atoms with van der Waals surface area (Å²) in [6.45, 7) is 4.06. The van der Waals surface area contributed by atoms with E-state index in [9.17, 15) is 4.39 Å². The highest BCUT2D eigenvalue weighted by atomic mass is 19.1. The standard InChI is InChI=1S/C15H15FN4/c1-9(2)20-12-7-3-5-10(16)14(12)19-15(20)11-6-4-8-13(17)18-11/h3-9H,1-2H3,(H2,17,18). The van der Waals surface area contributed by atoms with Gasteiger partial charge in [0.05, 0.1) is 5.52 Å². The normalized spacial score (nSPS) is 11.4. The molecule has 1 aromatic carbocycles. The highest BCUT2D eigenvalue weighted by Gasteiger charge is 2.17. The zero-order valence-corrected chi connectivity index (χ0v) is 11.3. The summed E-state index contributed by atoms with van der Waals surface area (Å²) >= 11 is 0. The van der Waals surface area contributed by atoms with Gasteiger partial charge in [-0.15, -0.1) is 0 Å². The minimum absolute atomic E-state index is 0.139. The van der Waals surface area contributed by atoms with E-state index in [4.69, 9.17) is 5.73 Å². The number of para-hydroxylation sites is 1. The molecule has 4 nitrogen and oxygen atoms in total. The number of hydrogen-bond acceptors (Lipinski definition) is 3. The highest BCUT2D eigenvalue weighted by Crippen LogP contribution is 2.28. The Morgan fingerprint density at radius 3 is 2.55 bits per heavy atom. The van der Waals surface area contributed by atoms with Crippen LogP contribution >= 0.6 is 0 Å². The maximum Gasteiger partial charge on any atom is 0.160 e. The minimum atomic E-state index is -0.327. The molecule has 0 unspecified atom stereocenters. The van der Waals surface area contributed by atoms with Crippen molar-refractivity contribution in [3.8, 4) is 11.5 Å². The fourth-order valence-electron chi connectivity index (χ4n) is 2.36. The number of benzene rings is 1. The third-order valence-corrected chi connectivity index (χ3v) is 3.19. The van der Waals surface area contributed by atoms with Crippen LogP contribution in [-0.4, -0.2) is 14.5 Å². The van der Waals surface area contributed by atoms with E-state index in [0.29, 0.717) is 22.9 Å². The molecular weight excluding hydrogens is 255 g/mol. The van der Waals surface area contributed by atoms with Crippen molar-refractivity contribution in [2.75, 3.05) is 5.73 Å². The van der Waals surface area contributed by atoms with E-state index in [1.807, 2.05) is 36.6 Å². The van der Waals surface area contributed by atoms with Gasteiger partial charge in [-0.25, -0.2) is 14.4 Å². The highest BCUT2D eigenvalue weighted by molar-refractivity contribution is 5.81. The maximum atomic E-state index is 13.9. The summed E-state index contributed by atoms with van der Waals surface area (Å²) in [6.07, 6.45) is 0. The Morgan fingerprint density at radius 1 is 1.10 bits per heavy atom. The second-order valence-electron chi connectivity index (χ2n) is 4.95. The van der Waals surface area contributed by atoms with Crippen molar-refractivity contribution in [1.29, 1.82) is 0 Å². The first kappa shape index (κ1) is 12.6. The van der Waals surface area contributed by atoms with Crippen molar-refractivity contribution in [1.82, 2.24) is 14.5 Å². The lowest BCUT2D eigenvalue weighted by Crippen LogP contribution is -2.04. The molecule has 0 radical (unpaired) electrons. The molecule has 2 aromatic heterocycles. The van der Waals surface area contributed by atoms with E-state index in [2.05, 4.69) is 9.97 Å². The largest absolute Gasteiger partial charge is 0.384 e. The van der Waals surface area contributed by atoms with E-state index in [0.717, 1.165) is 5.52 Å². The van der Waals surface area contributed by atoms with Gasteiger partial charge < -0.3 is 10.3 Å². The van der Waals surface area contributed by atoms with Gasteiger partial charge in [-0.1, -0.05) is 12.1 Å². The number of rotatable bonds is 2. The molecule has 0 amide bonds. The Morgan fingerprint density at radius 2 is 1.85 bits per heavy atom. The zero-order valence-electron chi connectivity index (χ0n) is 11.3. The van der Waals surface area contributed by atoms with Gasteiger partial charge in [0, 0.05) is 6.04 Å². The predicted molar refractivity (Wildman–Crippen MR) is 77.7 cm³/mol. The third-order valence-electron chi connectivity index (χ3n) is 3.19. The Hall–Kier alpha value is -2.43. The molecule has 0 aliphatic carbocycles. The fraction of sp³-hybridized carbons (Fsp3) is 0.200. The van der Waals surface area contributed by atoms with Gasteiger partial charge in [-0.05, 0) is 38.1 Å². The lowest BCUT2D eigenvalue weighted by atomic mass is 10.2. The fourth-order valence-corrected chi connectivity index (χ4v) is 2.36. The Balaban J connectivity index is 2.35. The molecule has 0 aliphatic rings. The van der Waals surface area contributed by atoms with Gasteiger partial charge in [0.2, 0.25) is 0 Å². The van der Waals surface area contributed by atoms with Crippen molar-refractivity contribution in [2.24, 2.45) is 0 Å². The second kappa shape index (κ2) is 4.59. The van der Waals surface area contributed by atoms with E-state index >= 15 is 0 Å². The molecule has 0 saturated heterocycles. The summed E-state index contributed by atoms with van der Waals surface area (Å²) in [5.74, 6) is 0.727. The number of aromatic nitrogens is 3. The van der Waals surface area contributed by atoms with E-state index in [1.54, 1.807) is 12.1 Å². The number of anilines is 1. The molecular formula is C15H15FN4. The average Bonchev–Trinajstić information content (AvgIpc) is 2.79. The molecule has 3 aromatic rings. The minimum Gasteiger partial charge on any atom is -0.384 e. The van der Waals surface area contributed by atoms with Gasteiger partial charge in [0.15, 0.2) is 11.6 Å². The molecule has 20 heavy (non-hydrogen) atoms. The van der Waals surface area contributed by atoms with Crippen molar-refractivity contribution >= 4 is 16.9 Å². The lowest BCUT2D eigenvalue weighted by molar-refractivity contribution is 0.622. The van der Waals surface area contributed by atoms with Gasteiger partial charge in [0.25, 0.3) is 0 Å². The number of nitrogens with zero attached hydrogens (tertiary/aromatic N) is 3. The smallest absolute Gasteiger partial charge is 0.160 e. The van der Waals surface area contributed by atoms with Gasteiger partial charge in [-0.2, -0.15) is 0 Å². The average molecular weight is 270 g/mol. The van der Waals surface area contributed by atoms with Crippen LogP contribution in [-0.2, 0) is 0 Å². The molecule has 0 saturated carbocycles. The second-order valence-corrected chi connectivity index (χ2v) is 4.95. The van der Waals surface area contributed by atoms with E-state index in [1.165, 1.54) is 6.07 Å². The monoisotopic (exact) mass is 270 g/mol. The first-order valence-corrected chi connectivity index (χ1v) is 6.47. The first-order chi connectivity index (χ1) is 9.58. The Labute approximate surface area is 116 Å². The van der Waals surface area contributed by atoms with Crippen molar-refractivity contribution < 1.29 is 4.39 Å². The summed E-state index contributed by atoms with van der Waals surface area (Å²) in [5.41, 5.74) is 7.50. The van der Waals surface area contributed by atoms with Crippen molar-refractivity contribution in [3.05, 3.63) is 42.2 Å². The Kier molecular flexibility index (Phi) is 2.89. The summed E-state index contributed by atoms with van der Waals surface area (Å²) in [4.78, 5) is 8.70. The lowest BCUT2D eigenvalue weighted by Gasteiger charge is -2.12. The summed E-state index contributed by atoms with van der Waals surface area (Å²) in [6, 6.07) is 10.5. The first-order valence-electron chi connectivity index (χ1n) is 6.47. The van der Waals surface area contributed by atoms with E-state index < -0.39 is 0 Å². The van der Waals surface area contributed by atoms with E-state index in [-0.39, 0.29) is 11.9 Å². The van der Waals surface area contributed by atoms with Gasteiger partial charge >= 0.3 is 0 Å². The van der Waals surface area contributed by atoms with Crippen LogP contribution in [0.4, 0.5) is 10.2 Å². The maximum absolute atomic E-state index is 13.9. The topological polar surface area (TPSA) is 56.7 Å². The van der Waals surface area contributed by atoms with Crippen molar-refractivity contribution in [2.45, 2.75) is 19.9 Å².